The largest absolute Gasteiger partial charge is 0.497 e. The summed E-state index contributed by atoms with van der Waals surface area (Å²) in [6, 6.07) is 12.1. The summed E-state index contributed by atoms with van der Waals surface area (Å²) in [7, 11) is -2.61. The molecule has 7 nitrogen and oxygen atoms in total. The Hall–Kier alpha value is -2.71. The predicted octanol–water partition coefficient (Wildman–Crippen LogP) is 3.19. The average molecular weight is 394 g/mol. The van der Waals surface area contributed by atoms with Crippen LogP contribution >= 0.6 is 11.6 Å². The SMILES string of the molecule is COc1cccc(OS(=O)(=O)c2ccc(Cl)c(-n3nc(C)cc3N)c2)c1. The van der Waals surface area contributed by atoms with Gasteiger partial charge in [-0.05, 0) is 37.3 Å². The van der Waals surface area contributed by atoms with Gasteiger partial charge in [-0.3, -0.25) is 0 Å². The zero-order valence-electron chi connectivity index (χ0n) is 14.0. The molecule has 136 valence electrons. The van der Waals surface area contributed by atoms with Gasteiger partial charge >= 0.3 is 10.1 Å². The molecule has 0 fully saturated rings. The molecule has 2 N–H and O–H groups in total. The van der Waals surface area contributed by atoms with Crippen LogP contribution in [0, 0.1) is 6.92 Å². The predicted molar refractivity (Wildman–Crippen MR) is 98.5 cm³/mol. The third-order valence-electron chi connectivity index (χ3n) is 3.54. The number of methoxy groups -OCH3 is 1. The highest BCUT2D eigenvalue weighted by atomic mass is 35.5. The number of benzene rings is 2. The zero-order chi connectivity index (χ0) is 18.9. The highest BCUT2D eigenvalue weighted by Gasteiger charge is 2.20. The molecule has 0 saturated heterocycles. The second kappa shape index (κ2) is 6.89. The van der Waals surface area contributed by atoms with Crippen molar-refractivity contribution in [1.29, 1.82) is 0 Å². The highest BCUT2D eigenvalue weighted by molar-refractivity contribution is 7.87. The van der Waals surface area contributed by atoms with Crippen molar-refractivity contribution in [3.05, 3.63) is 59.2 Å². The zero-order valence-corrected chi connectivity index (χ0v) is 15.6. The number of hydrogen-bond acceptors (Lipinski definition) is 6. The normalized spacial score (nSPS) is 11.3. The Morgan fingerprint density at radius 1 is 1.12 bits per heavy atom. The van der Waals surface area contributed by atoms with E-state index < -0.39 is 10.1 Å². The van der Waals surface area contributed by atoms with E-state index in [2.05, 4.69) is 5.10 Å². The second-order valence-electron chi connectivity index (χ2n) is 5.45. The van der Waals surface area contributed by atoms with E-state index >= 15 is 0 Å². The number of aromatic nitrogens is 2. The van der Waals surface area contributed by atoms with E-state index in [-0.39, 0.29) is 10.6 Å². The maximum Gasteiger partial charge on any atom is 0.339 e. The van der Waals surface area contributed by atoms with Crippen molar-refractivity contribution in [2.75, 3.05) is 12.8 Å². The van der Waals surface area contributed by atoms with Gasteiger partial charge in [0.05, 0.1) is 23.5 Å². The minimum Gasteiger partial charge on any atom is -0.497 e. The topological polar surface area (TPSA) is 96.4 Å². The third-order valence-corrected chi connectivity index (χ3v) is 5.10. The van der Waals surface area contributed by atoms with Crippen LogP contribution < -0.4 is 14.7 Å². The first kappa shape index (κ1) is 18.1. The van der Waals surface area contributed by atoms with Crippen LogP contribution in [0.1, 0.15) is 5.69 Å². The molecule has 0 amide bonds. The van der Waals surface area contributed by atoms with Crippen molar-refractivity contribution >= 4 is 27.5 Å². The molecule has 1 aromatic heterocycles. The molecule has 26 heavy (non-hydrogen) atoms. The van der Waals surface area contributed by atoms with Gasteiger partial charge in [-0.15, -0.1) is 0 Å². The highest BCUT2D eigenvalue weighted by Crippen LogP contribution is 2.28. The number of nitrogens with zero attached hydrogens (tertiary/aromatic N) is 2. The van der Waals surface area contributed by atoms with Crippen LogP contribution in [0.5, 0.6) is 11.5 Å². The van der Waals surface area contributed by atoms with Crippen molar-refractivity contribution in [1.82, 2.24) is 9.78 Å². The number of rotatable bonds is 5. The first-order valence-corrected chi connectivity index (χ1v) is 9.29. The molecule has 1 heterocycles. The molecule has 9 heteroatoms. The van der Waals surface area contributed by atoms with Gasteiger partial charge in [0.25, 0.3) is 0 Å². The van der Waals surface area contributed by atoms with E-state index in [4.69, 9.17) is 26.3 Å². The maximum absolute atomic E-state index is 12.6. The molecule has 0 aliphatic heterocycles. The smallest absolute Gasteiger partial charge is 0.339 e. The minimum atomic E-state index is -4.09. The summed E-state index contributed by atoms with van der Waals surface area (Å²) in [6.07, 6.45) is 0. The maximum atomic E-state index is 12.6. The van der Waals surface area contributed by atoms with Gasteiger partial charge in [0.1, 0.15) is 22.2 Å². The van der Waals surface area contributed by atoms with Crippen molar-refractivity contribution in [3.8, 4) is 17.2 Å². The summed E-state index contributed by atoms with van der Waals surface area (Å²) in [5, 5.41) is 4.53. The second-order valence-corrected chi connectivity index (χ2v) is 7.41. The lowest BCUT2D eigenvalue weighted by Crippen LogP contribution is -2.11. The Morgan fingerprint density at radius 3 is 2.50 bits per heavy atom. The number of nitrogen functional groups attached to an aromatic ring is 1. The minimum absolute atomic E-state index is 0.0766. The molecule has 3 aromatic rings. The molecule has 0 aliphatic carbocycles. The number of nitrogens with two attached hydrogens (primary N) is 1. The first-order chi connectivity index (χ1) is 12.3. The molecule has 0 unspecified atom stereocenters. The molecule has 0 radical (unpaired) electrons. The quantitative estimate of drug-likeness (QED) is 0.668. The average Bonchev–Trinajstić information content (AvgIpc) is 2.93. The lowest BCUT2D eigenvalue weighted by molar-refractivity contribution is 0.411. The lowest BCUT2D eigenvalue weighted by atomic mass is 10.3. The Bertz CT molecular complexity index is 1060. The van der Waals surface area contributed by atoms with Crippen LogP contribution in [0.15, 0.2) is 53.4 Å². The number of halogens is 1. The van der Waals surface area contributed by atoms with Crippen LogP contribution in [-0.4, -0.2) is 25.3 Å². The molecular weight excluding hydrogens is 378 g/mol. The Labute approximate surface area is 156 Å². The van der Waals surface area contributed by atoms with Crippen molar-refractivity contribution < 1.29 is 17.3 Å². The summed E-state index contributed by atoms with van der Waals surface area (Å²) in [5.74, 6) is 0.956. The van der Waals surface area contributed by atoms with E-state index in [0.29, 0.717) is 28.0 Å². The van der Waals surface area contributed by atoms with Gasteiger partial charge in [-0.25, -0.2) is 4.68 Å². The van der Waals surface area contributed by atoms with E-state index in [1.165, 1.54) is 42.1 Å². The number of ether oxygens (including phenoxy) is 1. The van der Waals surface area contributed by atoms with Gasteiger partial charge in [-0.2, -0.15) is 13.5 Å². The Balaban J connectivity index is 2.00. The van der Waals surface area contributed by atoms with Crippen molar-refractivity contribution in [2.24, 2.45) is 0 Å². The lowest BCUT2D eigenvalue weighted by Gasteiger charge is -2.11. The third kappa shape index (κ3) is 3.61. The summed E-state index contributed by atoms with van der Waals surface area (Å²) >= 11 is 6.19. The van der Waals surface area contributed by atoms with Crippen LogP contribution in [0.4, 0.5) is 5.82 Å². The van der Waals surface area contributed by atoms with Gasteiger partial charge in [0.15, 0.2) is 0 Å². The van der Waals surface area contributed by atoms with E-state index in [1.54, 1.807) is 25.1 Å². The summed E-state index contributed by atoms with van der Waals surface area (Å²) < 4.78 is 36.9. The molecule has 0 bridgehead atoms. The molecule has 0 aliphatic rings. The van der Waals surface area contributed by atoms with E-state index in [9.17, 15) is 8.42 Å². The Kier molecular flexibility index (Phi) is 4.80. The molecule has 3 rings (SSSR count). The summed E-state index contributed by atoms with van der Waals surface area (Å²) in [6.45, 7) is 1.77. The van der Waals surface area contributed by atoms with Crippen molar-refractivity contribution in [3.63, 3.8) is 0 Å². The van der Waals surface area contributed by atoms with Crippen molar-refractivity contribution in [2.45, 2.75) is 11.8 Å². The number of anilines is 1. The van der Waals surface area contributed by atoms with Crippen LogP contribution in [0.3, 0.4) is 0 Å². The fraction of sp³-hybridized carbons (Fsp3) is 0.118. The van der Waals surface area contributed by atoms with Crippen LogP contribution in [0.2, 0.25) is 5.02 Å². The monoisotopic (exact) mass is 393 g/mol. The van der Waals surface area contributed by atoms with Gasteiger partial charge in [0, 0.05) is 12.1 Å². The van der Waals surface area contributed by atoms with E-state index in [1.807, 2.05) is 0 Å². The molecule has 0 atom stereocenters. The summed E-state index contributed by atoms with van der Waals surface area (Å²) in [5.41, 5.74) is 6.92. The molecule has 2 aromatic carbocycles. The first-order valence-electron chi connectivity index (χ1n) is 7.51. The Morgan fingerprint density at radius 2 is 1.85 bits per heavy atom. The van der Waals surface area contributed by atoms with Crippen LogP contribution in [0.25, 0.3) is 5.69 Å². The number of aryl methyl sites for hydroxylation is 1. The van der Waals surface area contributed by atoms with Gasteiger partial charge < -0.3 is 14.7 Å². The summed E-state index contributed by atoms with van der Waals surface area (Å²) in [4.78, 5) is -0.0766. The fourth-order valence-corrected chi connectivity index (χ4v) is 3.49. The molecule has 0 saturated carbocycles. The molecule has 0 spiro atoms. The van der Waals surface area contributed by atoms with E-state index in [0.717, 1.165) is 0 Å². The molecular formula is C17H16ClN3O4S. The van der Waals surface area contributed by atoms with Gasteiger partial charge in [-0.1, -0.05) is 17.7 Å². The van der Waals surface area contributed by atoms with Crippen LogP contribution in [-0.2, 0) is 10.1 Å². The standard InChI is InChI=1S/C17H16ClN3O4S/c1-11-8-17(19)21(20-11)16-10-14(6-7-15(16)18)26(22,23)25-13-5-3-4-12(9-13)24-2/h3-10H,19H2,1-2H3. The van der Waals surface area contributed by atoms with Gasteiger partial charge in [0.2, 0.25) is 0 Å². The fourth-order valence-electron chi connectivity index (χ4n) is 2.35. The number of hydrogen-bond donors (Lipinski definition) is 1.